The maximum atomic E-state index is 9.86. The van der Waals surface area contributed by atoms with Gasteiger partial charge in [-0.25, -0.2) is 0 Å². The van der Waals surface area contributed by atoms with Gasteiger partial charge in [0.25, 0.3) is 0 Å². The van der Waals surface area contributed by atoms with Crippen molar-refractivity contribution in [3.05, 3.63) is 0 Å². The van der Waals surface area contributed by atoms with Gasteiger partial charge < -0.3 is 55.3 Å². The first-order chi connectivity index (χ1) is 9.34. The van der Waals surface area contributed by atoms with E-state index in [2.05, 4.69) is 6.92 Å². The molecule has 0 rings (SSSR count). The van der Waals surface area contributed by atoms with Gasteiger partial charge >= 0.3 is 29.6 Å². The number of thiocarbonyl (C=S) groups is 1. The van der Waals surface area contributed by atoms with E-state index in [1.165, 1.54) is 0 Å². The van der Waals surface area contributed by atoms with Crippen molar-refractivity contribution in [2.45, 2.75) is 50.6 Å². The van der Waals surface area contributed by atoms with Crippen molar-refractivity contribution in [2.75, 3.05) is 19.7 Å². The zero-order chi connectivity index (χ0) is 15.7. The van der Waals surface area contributed by atoms with Crippen molar-refractivity contribution in [1.82, 2.24) is 4.90 Å². The number of nitrogens with zero attached hydrogens (tertiary/aromatic N) is 1. The maximum Gasteiger partial charge on any atom is 1.00 e. The Bertz CT molecular complexity index is 288. The third-order valence-corrected chi connectivity index (χ3v) is 3.54. The predicted molar refractivity (Wildman–Crippen MR) is 82.2 cm³/mol. The molecule has 9 heteroatoms. The molecule has 0 aromatic heterocycles. The van der Waals surface area contributed by atoms with Crippen LogP contribution in [0.3, 0.4) is 0 Å². The third kappa shape index (κ3) is 9.60. The molecule has 0 spiro atoms. The van der Waals surface area contributed by atoms with E-state index in [4.69, 9.17) is 30.0 Å². The van der Waals surface area contributed by atoms with E-state index in [1.807, 2.05) is 0 Å². The van der Waals surface area contributed by atoms with E-state index in [0.29, 0.717) is 6.54 Å². The Hall–Kier alpha value is 0.910. The smallest absolute Gasteiger partial charge is 0.411 e. The molecule has 0 fully saturated rings. The fourth-order valence-corrected chi connectivity index (χ4v) is 2.04. The number of hydrogen-bond acceptors (Lipinski definition) is 7. The second-order valence-corrected chi connectivity index (χ2v) is 5.75. The Morgan fingerprint density at radius 1 is 1.10 bits per heavy atom. The maximum absolute atomic E-state index is 9.86. The van der Waals surface area contributed by atoms with E-state index < -0.39 is 31.0 Å². The van der Waals surface area contributed by atoms with Crippen LogP contribution in [-0.2, 0) is 12.6 Å². The molecule has 120 valence electrons. The monoisotopic (exact) mass is 349 g/mol. The van der Waals surface area contributed by atoms with Crippen LogP contribution in [0.2, 0.25) is 0 Å². The van der Waals surface area contributed by atoms with Gasteiger partial charge in [-0.05, 0) is 6.42 Å². The van der Waals surface area contributed by atoms with Gasteiger partial charge in [-0.15, -0.1) is 0 Å². The van der Waals surface area contributed by atoms with Crippen LogP contribution in [0.4, 0.5) is 0 Å². The van der Waals surface area contributed by atoms with Crippen molar-refractivity contribution in [1.29, 1.82) is 0 Å². The number of unbranched alkanes of at least 4 members (excludes halogenated alkanes) is 2. The second-order valence-electron chi connectivity index (χ2n) is 4.72. The minimum atomic E-state index is -1.63. The summed E-state index contributed by atoms with van der Waals surface area (Å²) in [6.07, 6.45) is -3.17. The molecule has 6 nitrogen and oxygen atoms in total. The summed E-state index contributed by atoms with van der Waals surface area (Å²) in [5, 5.41) is 47.0. The summed E-state index contributed by atoms with van der Waals surface area (Å²) in [5.74, 6) is 0. The van der Waals surface area contributed by atoms with E-state index in [0.717, 1.165) is 19.3 Å². The molecular formula is C12H24NNaO5S2. The SMILES string of the molecule is CCCCCN(C[C@H](O)[C@@H](O)[C@H](O)[C@H](O)CO)C(=S)[S-].[Na+]. The van der Waals surface area contributed by atoms with E-state index in [9.17, 15) is 20.4 Å². The van der Waals surface area contributed by atoms with Gasteiger partial charge in [-0.3, -0.25) is 0 Å². The number of aliphatic hydroxyl groups is 5. The Morgan fingerprint density at radius 3 is 2.05 bits per heavy atom. The molecule has 0 unspecified atom stereocenters. The summed E-state index contributed by atoms with van der Waals surface area (Å²) in [7, 11) is 0. The Kier molecular flexibility index (Phi) is 15.4. The summed E-state index contributed by atoms with van der Waals surface area (Å²) < 4.78 is 0.185. The van der Waals surface area contributed by atoms with Crippen LogP contribution < -0.4 is 29.6 Å². The van der Waals surface area contributed by atoms with Crippen LogP contribution in [0.15, 0.2) is 0 Å². The molecule has 0 saturated heterocycles. The minimum Gasteiger partial charge on any atom is -0.411 e. The van der Waals surface area contributed by atoms with Crippen molar-refractivity contribution >= 4 is 29.2 Å². The van der Waals surface area contributed by atoms with Gasteiger partial charge in [-0.2, -0.15) is 0 Å². The van der Waals surface area contributed by atoms with Crippen molar-refractivity contribution < 1.29 is 55.1 Å². The average molecular weight is 349 g/mol. The van der Waals surface area contributed by atoms with Crippen LogP contribution >= 0.6 is 12.2 Å². The summed E-state index contributed by atoms with van der Waals surface area (Å²) in [6.45, 7) is 1.90. The number of rotatable bonds is 10. The van der Waals surface area contributed by atoms with Crippen LogP contribution in [0.1, 0.15) is 26.2 Å². The minimum absolute atomic E-state index is 0. The molecule has 5 N–H and O–H groups in total. The number of aliphatic hydroxyl groups excluding tert-OH is 5. The molecule has 0 bridgehead atoms. The van der Waals surface area contributed by atoms with Crippen molar-refractivity contribution in [3.63, 3.8) is 0 Å². The molecule has 0 heterocycles. The predicted octanol–water partition coefficient (Wildman–Crippen LogP) is -4.25. The summed E-state index contributed by atoms with van der Waals surface area (Å²) in [5.41, 5.74) is 0. The molecule has 0 radical (unpaired) electrons. The third-order valence-electron chi connectivity index (χ3n) is 3.02. The summed E-state index contributed by atoms with van der Waals surface area (Å²) in [4.78, 5) is 1.58. The van der Waals surface area contributed by atoms with E-state index in [-0.39, 0.29) is 40.4 Å². The Morgan fingerprint density at radius 2 is 1.62 bits per heavy atom. The van der Waals surface area contributed by atoms with Crippen LogP contribution in [0.25, 0.3) is 0 Å². The van der Waals surface area contributed by atoms with Gasteiger partial charge in [0.1, 0.15) is 18.3 Å². The largest absolute Gasteiger partial charge is 1.00 e. The summed E-state index contributed by atoms with van der Waals surface area (Å²) >= 11 is 9.82. The van der Waals surface area contributed by atoms with Crippen molar-refractivity contribution in [3.8, 4) is 0 Å². The fourth-order valence-electron chi connectivity index (χ4n) is 1.71. The van der Waals surface area contributed by atoms with Crippen LogP contribution in [0.5, 0.6) is 0 Å². The van der Waals surface area contributed by atoms with Crippen LogP contribution in [0, 0.1) is 0 Å². The number of hydrogen-bond donors (Lipinski definition) is 5. The standard InChI is InChI=1S/C12H25NO5S2.Na/c1-2-3-4-5-13(12(19)20)6-8(15)10(17)11(18)9(16)7-14;/h8-11,14-18H,2-7H2,1H3,(H,19,20);/q;+1/p-1/t8-,9+,10+,11+;/m0./s1. The Labute approximate surface area is 158 Å². The Balaban J connectivity index is 0. The molecule has 0 aromatic carbocycles. The first-order valence-electron chi connectivity index (χ1n) is 6.64. The van der Waals surface area contributed by atoms with E-state index >= 15 is 0 Å². The molecule has 0 amide bonds. The summed E-state index contributed by atoms with van der Waals surface area (Å²) in [6, 6.07) is 0. The first-order valence-corrected chi connectivity index (χ1v) is 7.45. The molecule has 0 aliphatic heterocycles. The quantitative estimate of drug-likeness (QED) is 0.117. The van der Waals surface area contributed by atoms with Crippen molar-refractivity contribution in [2.24, 2.45) is 0 Å². The van der Waals surface area contributed by atoms with Gasteiger partial charge in [0.2, 0.25) is 0 Å². The van der Waals surface area contributed by atoms with Gasteiger partial charge in [-0.1, -0.05) is 24.1 Å². The average Bonchev–Trinajstić information content (AvgIpc) is 2.43. The molecule has 0 aliphatic carbocycles. The topological polar surface area (TPSA) is 104 Å². The second kappa shape index (κ2) is 13.4. The first kappa shape index (κ1) is 24.2. The van der Waals surface area contributed by atoms with Gasteiger partial charge in [0.05, 0.1) is 12.7 Å². The normalized spacial score (nSPS) is 16.5. The zero-order valence-corrected chi connectivity index (χ0v) is 16.2. The molecule has 4 atom stereocenters. The molecule has 0 aliphatic rings. The molecule has 21 heavy (non-hydrogen) atoms. The zero-order valence-electron chi connectivity index (χ0n) is 12.6. The van der Waals surface area contributed by atoms with E-state index in [1.54, 1.807) is 4.90 Å². The molecule has 0 saturated carbocycles. The molecule has 0 aromatic rings. The molecular weight excluding hydrogens is 325 g/mol. The fraction of sp³-hybridized carbons (Fsp3) is 0.917. The van der Waals surface area contributed by atoms with Gasteiger partial charge in [0.15, 0.2) is 0 Å². The van der Waals surface area contributed by atoms with Crippen LogP contribution in [-0.4, -0.2) is 78.9 Å². The van der Waals surface area contributed by atoms with Gasteiger partial charge in [0, 0.05) is 13.1 Å².